The third-order valence-electron chi connectivity index (χ3n) is 5.85. The highest BCUT2D eigenvalue weighted by molar-refractivity contribution is 5.95. The molecule has 2 N–H and O–H groups in total. The Kier molecular flexibility index (Phi) is 6.32. The van der Waals surface area contributed by atoms with Gasteiger partial charge >= 0.3 is 6.03 Å². The molecule has 1 aromatic rings. The fourth-order valence-corrected chi connectivity index (χ4v) is 4.48. The van der Waals surface area contributed by atoms with Crippen LogP contribution in [-0.2, 0) is 4.79 Å². The highest BCUT2D eigenvalue weighted by atomic mass is 16.2. The highest BCUT2D eigenvalue weighted by Crippen LogP contribution is 2.35. The number of Topliss-reactive ketones (excluding diaryl/α,β-unsaturated/α-hetero) is 1. The van der Waals surface area contributed by atoms with Gasteiger partial charge in [-0.05, 0) is 49.8 Å². The maximum atomic E-state index is 12.5. The van der Waals surface area contributed by atoms with Crippen LogP contribution in [-0.4, -0.2) is 41.9 Å². The molecule has 1 aliphatic heterocycles. The van der Waals surface area contributed by atoms with Gasteiger partial charge in [0.15, 0.2) is 5.78 Å². The number of fused-ring (bicyclic) bond motifs is 1. The summed E-state index contributed by atoms with van der Waals surface area (Å²) in [7, 11) is 0. The third-order valence-corrected chi connectivity index (χ3v) is 5.85. The second-order valence-corrected chi connectivity index (χ2v) is 7.94. The van der Waals surface area contributed by atoms with Crippen LogP contribution < -0.4 is 10.6 Å². The first-order valence-corrected chi connectivity index (χ1v) is 10.0. The van der Waals surface area contributed by atoms with Crippen molar-refractivity contribution in [2.45, 2.75) is 57.7 Å². The number of nitrogens with one attached hydrogen (secondary N) is 2. The first-order valence-electron chi connectivity index (χ1n) is 10.0. The van der Waals surface area contributed by atoms with Gasteiger partial charge in [-0.25, -0.2) is 4.79 Å². The lowest BCUT2D eigenvalue weighted by atomic mass is 9.74. The van der Waals surface area contributed by atoms with Gasteiger partial charge in [0.25, 0.3) is 0 Å². The zero-order valence-corrected chi connectivity index (χ0v) is 16.4. The van der Waals surface area contributed by atoms with E-state index in [1.807, 2.05) is 37.3 Å². The summed E-state index contributed by atoms with van der Waals surface area (Å²) in [4.78, 5) is 27.1. The molecule has 146 valence electrons. The average molecular weight is 370 g/mol. The van der Waals surface area contributed by atoms with Crippen LogP contribution in [0.3, 0.4) is 0 Å². The summed E-state index contributed by atoms with van der Waals surface area (Å²) in [5.41, 5.74) is 1.85. The van der Waals surface area contributed by atoms with E-state index < -0.39 is 0 Å². The molecule has 1 saturated carbocycles. The Morgan fingerprint density at radius 3 is 2.74 bits per heavy atom. The van der Waals surface area contributed by atoms with Gasteiger partial charge in [0.1, 0.15) is 0 Å². The molecule has 1 aromatic carbocycles. The first-order chi connectivity index (χ1) is 13.0. The number of nitrogens with zero attached hydrogens (tertiary/aromatic N) is 1. The van der Waals surface area contributed by atoms with Crippen LogP contribution >= 0.6 is 0 Å². The summed E-state index contributed by atoms with van der Waals surface area (Å²) in [5.74, 6) is 0.496. The number of hydrogen-bond donors (Lipinski definition) is 2. The quantitative estimate of drug-likeness (QED) is 0.782. The molecule has 0 spiro atoms. The lowest BCUT2D eigenvalue weighted by molar-refractivity contribution is -0.119. The van der Waals surface area contributed by atoms with E-state index in [4.69, 9.17) is 0 Å². The molecule has 0 aromatic heterocycles. The van der Waals surface area contributed by atoms with Crippen LogP contribution in [0.4, 0.5) is 4.79 Å². The number of urea groups is 1. The van der Waals surface area contributed by atoms with Gasteiger partial charge in [-0.2, -0.15) is 0 Å². The normalized spacial score (nSPS) is 27.0. The Balaban J connectivity index is 1.60. The molecule has 2 amide bonds. The number of rotatable bonds is 5. The van der Waals surface area contributed by atoms with E-state index in [1.54, 1.807) is 0 Å². The van der Waals surface area contributed by atoms with Crippen molar-refractivity contribution < 1.29 is 9.59 Å². The van der Waals surface area contributed by atoms with E-state index in [9.17, 15) is 9.59 Å². The van der Waals surface area contributed by atoms with Gasteiger partial charge in [0, 0.05) is 25.0 Å². The zero-order valence-electron chi connectivity index (χ0n) is 16.4. The molecule has 1 heterocycles. The monoisotopic (exact) mass is 369 g/mol. The summed E-state index contributed by atoms with van der Waals surface area (Å²) in [5, 5.41) is 6.17. The fourth-order valence-electron chi connectivity index (χ4n) is 4.48. The lowest BCUT2D eigenvalue weighted by Gasteiger charge is -2.47. The van der Waals surface area contributed by atoms with E-state index in [-0.39, 0.29) is 23.9 Å². The van der Waals surface area contributed by atoms with Gasteiger partial charge in [-0.15, -0.1) is 0 Å². The predicted octanol–water partition coefficient (Wildman–Crippen LogP) is 3.44. The Labute approximate surface area is 162 Å². The van der Waals surface area contributed by atoms with E-state index in [0.717, 1.165) is 43.5 Å². The second-order valence-electron chi connectivity index (χ2n) is 7.94. The molecule has 2 aliphatic rings. The lowest BCUT2D eigenvalue weighted by Crippen LogP contribution is -2.58. The van der Waals surface area contributed by atoms with Crippen LogP contribution in [0.15, 0.2) is 42.5 Å². The summed E-state index contributed by atoms with van der Waals surface area (Å²) in [6.45, 7) is 9.94. The number of piperidine rings is 1. The first kappa shape index (κ1) is 19.6. The van der Waals surface area contributed by atoms with Crippen LogP contribution in [0.5, 0.6) is 0 Å². The number of carbonyl (C=O) groups excluding carboxylic acids is 2. The number of ketones is 1. The smallest absolute Gasteiger partial charge is 0.315 e. The standard InChI is InChI=1S/C22H31N3O2/c1-4-10-25-14-19(12-18-13-21(26)15(2)11-20(18)25)24-22(27)23-16(3)17-8-6-5-7-9-17/h5-9,16,18-20H,2,4,10-14H2,1,3H3,(H2,23,24,27)/t16-,18+,19-,20+/m0/s1. The fraction of sp³-hybridized carbons (Fsp3) is 0.545. The van der Waals surface area contributed by atoms with E-state index in [1.165, 1.54) is 0 Å². The van der Waals surface area contributed by atoms with Crippen LogP contribution in [0, 0.1) is 5.92 Å². The average Bonchev–Trinajstić information content (AvgIpc) is 2.64. The molecule has 5 nitrogen and oxygen atoms in total. The maximum absolute atomic E-state index is 12.5. The second kappa shape index (κ2) is 8.70. The topological polar surface area (TPSA) is 61.4 Å². The molecule has 1 aliphatic carbocycles. The number of carbonyl (C=O) groups is 2. The molecule has 1 saturated heterocycles. The summed E-state index contributed by atoms with van der Waals surface area (Å²) in [6, 6.07) is 10.2. The largest absolute Gasteiger partial charge is 0.334 e. The van der Waals surface area contributed by atoms with Crippen molar-refractivity contribution in [2.75, 3.05) is 13.1 Å². The van der Waals surface area contributed by atoms with Gasteiger partial charge in [-0.3, -0.25) is 9.69 Å². The maximum Gasteiger partial charge on any atom is 0.315 e. The SMILES string of the molecule is C=C1C[C@@H]2[C@@H](CC1=O)C[C@H](NC(=O)N[C@@H](C)c1ccccc1)CN2CCC. The molecule has 0 radical (unpaired) electrons. The van der Waals surface area contributed by atoms with Crippen molar-refractivity contribution in [1.29, 1.82) is 0 Å². The Bertz CT molecular complexity index is 688. The van der Waals surface area contributed by atoms with Crippen molar-refractivity contribution in [1.82, 2.24) is 15.5 Å². The van der Waals surface area contributed by atoms with Gasteiger partial charge in [-0.1, -0.05) is 43.8 Å². The van der Waals surface area contributed by atoms with Gasteiger partial charge in [0.2, 0.25) is 0 Å². The number of benzene rings is 1. The minimum Gasteiger partial charge on any atom is -0.334 e. The molecule has 2 fully saturated rings. The summed E-state index contributed by atoms with van der Waals surface area (Å²) in [6.07, 6.45) is 3.25. The summed E-state index contributed by atoms with van der Waals surface area (Å²) < 4.78 is 0. The van der Waals surface area contributed by atoms with Crippen LogP contribution in [0.2, 0.25) is 0 Å². The molecule has 3 rings (SSSR count). The molecule has 0 bridgehead atoms. The van der Waals surface area contributed by atoms with Gasteiger partial charge in [0.05, 0.1) is 6.04 Å². The minimum absolute atomic E-state index is 0.0473. The summed E-state index contributed by atoms with van der Waals surface area (Å²) >= 11 is 0. The van der Waals surface area contributed by atoms with Gasteiger partial charge < -0.3 is 10.6 Å². The van der Waals surface area contributed by atoms with Crippen LogP contribution in [0.25, 0.3) is 0 Å². The minimum atomic E-state index is -0.141. The van der Waals surface area contributed by atoms with Crippen molar-refractivity contribution in [2.24, 2.45) is 5.92 Å². The molecule has 5 heteroatoms. The Hall–Kier alpha value is -2.14. The molecule has 27 heavy (non-hydrogen) atoms. The van der Waals surface area contributed by atoms with Crippen molar-refractivity contribution >= 4 is 11.8 Å². The van der Waals surface area contributed by atoms with Crippen LogP contribution in [0.1, 0.15) is 51.1 Å². The Morgan fingerprint density at radius 2 is 2.04 bits per heavy atom. The van der Waals surface area contributed by atoms with E-state index in [0.29, 0.717) is 18.4 Å². The molecular weight excluding hydrogens is 338 g/mol. The van der Waals surface area contributed by atoms with E-state index in [2.05, 4.69) is 29.0 Å². The van der Waals surface area contributed by atoms with Crippen molar-refractivity contribution in [3.8, 4) is 0 Å². The third kappa shape index (κ3) is 4.78. The van der Waals surface area contributed by atoms with Crippen molar-refractivity contribution in [3.05, 3.63) is 48.0 Å². The predicted molar refractivity (Wildman–Crippen MR) is 107 cm³/mol. The molecule has 0 unspecified atom stereocenters. The number of amides is 2. The highest BCUT2D eigenvalue weighted by Gasteiger charge is 2.41. The molecular formula is C22H31N3O2. The number of hydrogen-bond acceptors (Lipinski definition) is 3. The van der Waals surface area contributed by atoms with Crippen molar-refractivity contribution in [3.63, 3.8) is 0 Å². The zero-order chi connectivity index (χ0) is 19.4. The number of likely N-dealkylation sites (tertiary alicyclic amines) is 1. The molecule has 4 atom stereocenters. The van der Waals surface area contributed by atoms with E-state index >= 15 is 0 Å². The Morgan fingerprint density at radius 1 is 1.30 bits per heavy atom.